The predicted molar refractivity (Wildman–Crippen MR) is 51.9 cm³/mol. The number of benzene rings is 1. The molecule has 0 amide bonds. The third kappa shape index (κ3) is 1.47. The van der Waals surface area contributed by atoms with E-state index in [-0.39, 0.29) is 11.3 Å². The number of carboxylic acids is 1. The molecule has 2 N–H and O–H groups in total. The third-order valence-electron chi connectivity index (χ3n) is 1.92. The van der Waals surface area contributed by atoms with Gasteiger partial charge >= 0.3 is 5.97 Å². The molecule has 0 saturated heterocycles. The number of nitrogens with zero attached hydrogens (tertiary/aromatic N) is 4. The standard InChI is InChI=1S/C8H5N5O2/c9-13-11-5-1-4-3-10-12-7(4)6(2-5)8(14)15/h1-3H,(H,10,12)(H,14,15). The summed E-state index contributed by atoms with van der Waals surface area (Å²) in [6.45, 7) is 0. The highest BCUT2D eigenvalue weighted by atomic mass is 16.4. The first-order valence-corrected chi connectivity index (χ1v) is 3.98. The maximum atomic E-state index is 10.9. The average Bonchev–Trinajstić information content (AvgIpc) is 2.64. The maximum absolute atomic E-state index is 10.9. The van der Waals surface area contributed by atoms with Crippen LogP contribution in [0.1, 0.15) is 10.4 Å². The summed E-state index contributed by atoms with van der Waals surface area (Å²) in [5, 5.41) is 19.2. The van der Waals surface area contributed by atoms with Crippen LogP contribution in [0.15, 0.2) is 23.4 Å². The Kier molecular flexibility index (Phi) is 2.00. The number of hydrogen-bond acceptors (Lipinski definition) is 3. The van der Waals surface area contributed by atoms with Crippen molar-refractivity contribution in [1.82, 2.24) is 10.2 Å². The lowest BCUT2D eigenvalue weighted by atomic mass is 10.1. The molecule has 7 heteroatoms. The number of nitrogens with one attached hydrogen (secondary N) is 1. The quantitative estimate of drug-likeness (QED) is 0.442. The Balaban J connectivity index is 2.79. The van der Waals surface area contributed by atoms with Crippen LogP contribution in [0, 0.1) is 0 Å². The van der Waals surface area contributed by atoms with E-state index in [0.717, 1.165) is 0 Å². The van der Waals surface area contributed by atoms with E-state index in [1.54, 1.807) is 6.07 Å². The number of carboxylic acid groups (broad SMARTS) is 1. The highest BCUT2D eigenvalue weighted by molar-refractivity contribution is 6.03. The zero-order valence-electron chi connectivity index (χ0n) is 7.38. The number of aromatic amines is 1. The van der Waals surface area contributed by atoms with Crippen molar-refractivity contribution in [3.63, 3.8) is 0 Å². The SMILES string of the molecule is [N-]=[N+]=Nc1cc(C(=O)O)c2[nH]ncc2c1. The van der Waals surface area contributed by atoms with Crippen molar-refractivity contribution in [3.8, 4) is 0 Å². The summed E-state index contributed by atoms with van der Waals surface area (Å²) in [6, 6.07) is 2.85. The molecule has 15 heavy (non-hydrogen) atoms. The molecule has 0 aliphatic heterocycles. The molecule has 0 saturated carbocycles. The fourth-order valence-corrected chi connectivity index (χ4v) is 1.32. The monoisotopic (exact) mass is 203 g/mol. The minimum absolute atomic E-state index is 0.0346. The lowest BCUT2D eigenvalue weighted by Gasteiger charge is -1.98. The molecule has 1 heterocycles. The van der Waals surface area contributed by atoms with E-state index in [1.807, 2.05) is 0 Å². The smallest absolute Gasteiger partial charge is 0.337 e. The molecule has 0 atom stereocenters. The van der Waals surface area contributed by atoms with E-state index in [9.17, 15) is 4.79 Å². The first-order valence-electron chi connectivity index (χ1n) is 3.98. The van der Waals surface area contributed by atoms with Gasteiger partial charge < -0.3 is 5.11 Å². The van der Waals surface area contributed by atoms with E-state index in [0.29, 0.717) is 10.9 Å². The summed E-state index contributed by atoms with van der Waals surface area (Å²) in [7, 11) is 0. The summed E-state index contributed by atoms with van der Waals surface area (Å²) < 4.78 is 0. The number of hydrogen-bond donors (Lipinski definition) is 2. The van der Waals surface area contributed by atoms with Crippen molar-refractivity contribution in [2.45, 2.75) is 0 Å². The summed E-state index contributed by atoms with van der Waals surface area (Å²) in [6.07, 6.45) is 1.47. The van der Waals surface area contributed by atoms with Crippen molar-refractivity contribution >= 4 is 22.6 Å². The number of azide groups is 1. The van der Waals surface area contributed by atoms with Gasteiger partial charge in [0, 0.05) is 16.0 Å². The summed E-state index contributed by atoms with van der Waals surface area (Å²) in [5.74, 6) is -1.10. The molecule has 1 aromatic heterocycles. The molecule has 1 aromatic carbocycles. The van der Waals surface area contributed by atoms with Gasteiger partial charge in [-0.15, -0.1) is 0 Å². The van der Waals surface area contributed by atoms with Crippen LogP contribution in [-0.2, 0) is 0 Å². The average molecular weight is 203 g/mol. The van der Waals surface area contributed by atoms with E-state index < -0.39 is 5.97 Å². The van der Waals surface area contributed by atoms with Gasteiger partial charge in [0.2, 0.25) is 0 Å². The summed E-state index contributed by atoms with van der Waals surface area (Å²) in [4.78, 5) is 13.5. The Bertz CT molecular complexity index is 582. The van der Waals surface area contributed by atoms with Crippen molar-refractivity contribution < 1.29 is 9.90 Å². The van der Waals surface area contributed by atoms with Crippen LogP contribution in [0.2, 0.25) is 0 Å². The summed E-state index contributed by atoms with van der Waals surface area (Å²) in [5.41, 5.74) is 8.96. The Hall–Kier alpha value is -2.53. The van der Waals surface area contributed by atoms with Crippen molar-refractivity contribution in [2.24, 2.45) is 5.11 Å². The minimum atomic E-state index is -1.10. The van der Waals surface area contributed by atoms with Crippen LogP contribution < -0.4 is 0 Å². The molecular formula is C8H5N5O2. The molecule has 0 spiro atoms. The van der Waals surface area contributed by atoms with Crippen molar-refractivity contribution in [3.05, 3.63) is 34.3 Å². The molecule has 2 rings (SSSR count). The molecule has 7 nitrogen and oxygen atoms in total. The molecule has 0 fully saturated rings. The van der Waals surface area contributed by atoms with Crippen LogP contribution in [-0.4, -0.2) is 21.3 Å². The second kappa shape index (κ2) is 3.32. The highest BCUT2D eigenvalue weighted by Crippen LogP contribution is 2.24. The number of aromatic carboxylic acids is 1. The number of aromatic nitrogens is 2. The maximum Gasteiger partial charge on any atom is 0.337 e. The Morgan fingerprint density at radius 2 is 2.40 bits per heavy atom. The van der Waals surface area contributed by atoms with Gasteiger partial charge in [-0.25, -0.2) is 4.79 Å². The fraction of sp³-hybridized carbons (Fsp3) is 0. The molecule has 74 valence electrons. The first kappa shape index (κ1) is 9.04. The number of rotatable bonds is 2. The predicted octanol–water partition coefficient (Wildman–Crippen LogP) is 2.20. The van der Waals surface area contributed by atoms with Crippen LogP contribution in [0.5, 0.6) is 0 Å². The van der Waals surface area contributed by atoms with Crippen molar-refractivity contribution in [2.75, 3.05) is 0 Å². The number of H-pyrrole nitrogens is 1. The van der Waals surface area contributed by atoms with Gasteiger partial charge in [0.05, 0.1) is 17.3 Å². The molecule has 0 bridgehead atoms. The molecule has 0 unspecified atom stereocenters. The second-order valence-electron chi connectivity index (χ2n) is 2.82. The largest absolute Gasteiger partial charge is 0.478 e. The fourth-order valence-electron chi connectivity index (χ4n) is 1.32. The molecule has 0 radical (unpaired) electrons. The zero-order valence-corrected chi connectivity index (χ0v) is 7.38. The van der Waals surface area contributed by atoms with Gasteiger partial charge in [-0.3, -0.25) is 5.10 Å². The van der Waals surface area contributed by atoms with E-state index in [1.165, 1.54) is 12.3 Å². The zero-order chi connectivity index (χ0) is 10.8. The van der Waals surface area contributed by atoms with Crippen LogP contribution in [0.3, 0.4) is 0 Å². The minimum Gasteiger partial charge on any atom is -0.478 e. The lowest BCUT2D eigenvalue weighted by Crippen LogP contribution is -1.97. The molecule has 0 aliphatic rings. The Labute approximate surface area is 83.0 Å². The van der Waals surface area contributed by atoms with Gasteiger partial charge in [-0.1, -0.05) is 5.11 Å². The van der Waals surface area contributed by atoms with E-state index >= 15 is 0 Å². The summed E-state index contributed by atoms with van der Waals surface area (Å²) >= 11 is 0. The van der Waals surface area contributed by atoms with Crippen molar-refractivity contribution in [1.29, 1.82) is 0 Å². The Morgan fingerprint density at radius 3 is 3.07 bits per heavy atom. The van der Waals surface area contributed by atoms with E-state index in [4.69, 9.17) is 10.6 Å². The third-order valence-corrected chi connectivity index (χ3v) is 1.92. The topological polar surface area (TPSA) is 115 Å². The molecule has 0 aliphatic carbocycles. The number of carbonyl (C=O) groups is 1. The lowest BCUT2D eigenvalue weighted by molar-refractivity contribution is 0.0699. The van der Waals surface area contributed by atoms with Gasteiger partial charge in [-0.2, -0.15) is 5.10 Å². The highest BCUT2D eigenvalue weighted by Gasteiger charge is 2.11. The van der Waals surface area contributed by atoms with Gasteiger partial charge in [-0.05, 0) is 17.7 Å². The second-order valence-corrected chi connectivity index (χ2v) is 2.82. The van der Waals surface area contributed by atoms with Gasteiger partial charge in [0.1, 0.15) is 0 Å². The van der Waals surface area contributed by atoms with Crippen LogP contribution in [0.4, 0.5) is 5.69 Å². The first-order chi connectivity index (χ1) is 7.22. The molecular weight excluding hydrogens is 198 g/mol. The molecule has 2 aromatic rings. The number of fused-ring (bicyclic) bond motifs is 1. The van der Waals surface area contributed by atoms with E-state index in [2.05, 4.69) is 20.2 Å². The van der Waals surface area contributed by atoms with Crippen LogP contribution in [0.25, 0.3) is 21.3 Å². The van der Waals surface area contributed by atoms with Crippen LogP contribution >= 0.6 is 0 Å². The van der Waals surface area contributed by atoms with Gasteiger partial charge in [0.25, 0.3) is 0 Å². The Morgan fingerprint density at radius 1 is 1.60 bits per heavy atom. The normalized spacial score (nSPS) is 9.87. The van der Waals surface area contributed by atoms with Gasteiger partial charge in [0.15, 0.2) is 0 Å².